The minimum absolute atomic E-state index is 0.0539. The Morgan fingerprint density at radius 3 is 2.45 bits per heavy atom. The molecule has 3 aromatic rings. The highest BCUT2D eigenvalue weighted by Crippen LogP contribution is 2.28. The summed E-state index contributed by atoms with van der Waals surface area (Å²) < 4.78 is 48.3. The van der Waals surface area contributed by atoms with Gasteiger partial charge < -0.3 is 9.47 Å². The predicted molar refractivity (Wildman–Crippen MR) is 113 cm³/mol. The average Bonchev–Trinajstić information content (AvgIpc) is 2.74. The first-order chi connectivity index (χ1) is 14.8. The number of carbonyl (C=O) groups excluding carboxylic acids is 1. The van der Waals surface area contributed by atoms with Gasteiger partial charge in [-0.05, 0) is 61.0 Å². The van der Waals surface area contributed by atoms with Gasteiger partial charge in [-0.1, -0.05) is 23.8 Å². The van der Waals surface area contributed by atoms with Gasteiger partial charge in [-0.3, -0.25) is 0 Å². The van der Waals surface area contributed by atoms with E-state index in [9.17, 15) is 17.6 Å². The maximum Gasteiger partial charge on any atom is 0.343 e. The number of benzene rings is 3. The third kappa shape index (κ3) is 5.67. The van der Waals surface area contributed by atoms with Gasteiger partial charge in [0.15, 0.2) is 11.5 Å². The third-order valence-electron chi connectivity index (χ3n) is 4.17. The molecule has 0 aliphatic rings. The minimum Gasteiger partial charge on any atom is -0.493 e. The van der Waals surface area contributed by atoms with Gasteiger partial charge >= 0.3 is 5.97 Å². The predicted octanol–water partition coefficient (Wildman–Crippen LogP) is 3.67. The molecule has 31 heavy (non-hydrogen) atoms. The molecule has 0 unspecified atom stereocenters. The number of ether oxygens (including phenoxy) is 2. The van der Waals surface area contributed by atoms with Crippen molar-refractivity contribution < 1.29 is 27.1 Å². The van der Waals surface area contributed by atoms with Crippen LogP contribution in [0.25, 0.3) is 0 Å². The molecule has 0 radical (unpaired) electrons. The molecule has 0 spiro atoms. The van der Waals surface area contributed by atoms with Gasteiger partial charge in [0.05, 0.1) is 23.8 Å². The number of hydrazone groups is 1. The van der Waals surface area contributed by atoms with Crippen LogP contribution in [0.15, 0.2) is 76.7 Å². The number of rotatable bonds is 7. The van der Waals surface area contributed by atoms with Crippen molar-refractivity contribution in [3.05, 3.63) is 89.2 Å². The fraction of sp³-hybridized carbons (Fsp3) is 0.0909. The molecule has 0 aliphatic carbocycles. The lowest BCUT2D eigenvalue weighted by Crippen LogP contribution is -2.18. The number of halogens is 1. The molecule has 3 rings (SSSR count). The summed E-state index contributed by atoms with van der Waals surface area (Å²) in [5.74, 6) is -0.963. The highest BCUT2D eigenvalue weighted by atomic mass is 32.2. The zero-order chi connectivity index (χ0) is 22.4. The first kappa shape index (κ1) is 22.0. The van der Waals surface area contributed by atoms with Gasteiger partial charge in [0.2, 0.25) is 0 Å². The Morgan fingerprint density at radius 1 is 1.03 bits per heavy atom. The van der Waals surface area contributed by atoms with Crippen LogP contribution >= 0.6 is 0 Å². The summed E-state index contributed by atoms with van der Waals surface area (Å²) in [7, 11) is -2.42. The quantitative estimate of drug-likeness (QED) is 0.261. The van der Waals surface area contributed by atoms with Gasteiger partial charge in [-0.25, -0.2) is 14.0 Å². The summed E-state index contributed by atoms with van der Waals surface area (Å²) in [4.78, 5) is 14.4. The summed E-state index contributed by atoms with van der Waals surface area (Å²) in [6, 6.07) is 16.0. The molecule has 0 aromatic heterocycles. The van der Waals surface area contributed by atoms with E-state index >= 15 is 0 Å². The van der Waals surface area contributed by atoms with Gasteiger partial charge in [0, 0.05) is 0 Å². The second kappa shape index (κ2) is 9.40. The number of hydrogen-bond acceptors (Lipinski definition) is 6. The van der Waals surface area contributed by atoms with E-state index in [0.29, 0.717) is 5.56 Å². The second-order valence-corrected chi connectivity index (χ2v) is 8.14. The van der Waals surface area contributed by atoms with Crippen molar-refractivity contribution in [3.8, 4) is 11.5 Å². The number of nitrogens with one attached hydrogen (secondary N) is 1. The lowest BCUT2D eigenvalue weighted by molar-refractivity contribution is 0.0729. The van der Waals surface area contributed by atoms with Crippen LogP contribution in [0.4, 0.5) is 4.39 Å². The smallest absolute Gasteiger partial charge is 0.343 e. The van der Waals surface area contributed by atoms with Gasteiger partial charge in [0.25, 0.3) is 10.0 Å². The lowest BCUT2D eigenvalue weighted by atomic mass is 10.2. The van der Waals surface area contributed by atoms with E-state index in [2.05, 4.69) is 9.93 Å². The number of esters is 1. The Hall–Kier alpha value is -3.72. The Kier molecular flexibility index (Phi) is 6.66. The highest BCUT2D eigenvalue weighted by Gasteiger charge is 2.14. The number of nitrogens with zero attached hydrogens (tertiary/aromatic N) is 1. The van der Waals surface area contributed by atoms with Crippen LogP contribution in [0.2, 0.25) is 0 Å². The summed E-state index contributed by atoms with van der Waals surface area (Å²) in [5.41, 5.74) is 1.49. The molecule has 0 saturated heterocycles. The Balaban J connectivity index is 1.72. The van der Waals surface area contributed by atoms with E-state index in [0.717, 1.165) is 11.6 Å². The molecular weight excluding hydrogens is 423 g/mol. The minimum atomic E-state index is -3.80. The van der Waals surface area contributed by atoms with E-state index in [1.54, 1.807) is 18.2 Å². The van der Waals surface area contributed by atoms with Crippen LogP contribution < -0.4 is 14.3 Å². The van der Waals surface area contributed by atoms with E-state index in [-0.39, 0.29) is 22.0 Å². The molecule has 0 fully saturated rings. The van der Waals surface area contributed by atoms with Gasteiger partial charge in [0.1, 0.15) is 5.82 Å². The fourth-order valence-electron chi connectivity index (χ4n) is 2.56. The van der Waals surface area contributed by atoms with Gasteiger partial charge in [-0.2, -0.15) is 13.5 Å². The van der Waals surface area contributed by atoms with Crippen LogP contribution in [0.1, 0.15) is 21.5 Å². The maximum absolute atomic E-state index is 13.3. The number of hydrogen-bond donors (Lipinski definition) is 1. The Bertz CT molecular complexity index is 1220. The Morgan fingerprint density at radius 2 is 1.77 bits per heavy atom. The molecule has 160 valence electrons. The van der Waals surface area contributed by atoms with Crippen molar-refractivity contribution in [2.75, 3.05) is 7.11 Å². The highest BCUT2D eigenvalue weighted by molar-refractivity contribution is 7.89. The number of methoxy groups -OCH3 is 1. The fourth-order valence-corrected chi connectivity index (χ4v) is 3.35. The average molecular weight is 442 g/mol. The van der Waals surface area contributed by atoms with E-state index < -0.39 is 21.8 Å². The van der Waals surface area contributed by atoms with E-state index in [4.69, 9.17) is 9.47 Å². The molecular formula is C22H19FN2O5S. The molecule has 3 aromatic carbocycles. The van der Waals surface area contributed by atoms with E-state index in [1.165, 1.54) is 55.8 Å². The molecule has 0 heterocycles. The first-order valence-electron chi connectivity index (χ1n) is 9.06. The molecule has 0 aliphatic heterocycles. The molecule has 7 nitrogen and oxygen atoms in total. The molecule has 0 saturated carbocycles. The van der Waals surface area contributed by atoms with Crippen molar-refractivity contribution in [2.45, 2.75) is 11.8 Å². The van der Waals surface area contributed by atoms with Crippen LogP contribution in [-0.4, -0.2) is 27.7 Å². The largest absolute Gasteiger partial charge is 0.493 e. The van der Waals surface area contributed by atoms with Crippen LogP contribution in [-0.2, 0) is 10.0 Å². The third-order valence-corrected chi connectivity index (χ3v) is 5.41. The normalized spacial score (nSPS) is 11.3. The topological polar surface area (TPSA) is 94.1 Å². The van der Waals surface area contributed by atoms with Crippen LogP contribution in [0.3, 0.4) is 0 Å². The maximum atomic E-state index is 13.3. The standard InChI is InChI=1S/C22H19FN2O5S/c1-15-6-9-19(10-7-15)31(27,28)25-24-14-16-8-11-20(21(12-16)29-2)30-22(26)17-4-3-5-18(23)13-17/h3-14,25H,1-2H3/b24-14-. The van der Waals surface area contributed by atoms with Crippen LogP contribution in [0, 0.1) is 12.7 Å². The van der Waals surface area contributed by atoms with Crippen molar-refractivity contribution >= 4 is 22.2 Å². The summed E-state index contributed by atoms with van der Waals surface area (Å²) >= 11 is 0. The SMILES string of the molecule is COc1cc(/C=N\NS(=O)(=O)c2ccc(C)cc2)ccc1OC(=O)c1cccc(F)c1. The van der Waals surface area contributed by atoms with Crippen molar-refractivity contribution in [3.63, 3.8) is 0 Å². The summed E-state index contributed by atoms with van der Waals surface area (Å²) in [6.45, 7) is 1.86. The van der Waals surface area contributed by atoms with Crippen molar-refractivity contribution in [1.29, 1.82) is 0 Å². The monoisotopic (exact) mass is 442 g/mol. The second-order valence-electron chi connectivity index (χ2n) is 6.48. The lowest BCUT2D eigenvalue weighted by Gasteiger charge is -2.10. The molecule has 0 atom stereocenters. The molecule has 1 N–H and O–H groups in total. The number of sulfonamides is 1. The Labute approximate surface area is 179 Å². The van der Waals surface area contributed by atoms with E-state index in [1.807, 2.05) is 6.92 Å². The van der Waals surface area contributed by atoms with Crippen molar-refractivity contribution in [2.24, 2.45) is 5.10 Å². The number of carbonyl (C=O) groups is 1. The number of aryl methyl sites for hydroxylation is 1. The first-order valence-corrected chi connectivity index (χ1v) is 10.5. The zero-order valence-electron chi connectivity index (χ0n) is 16.7. The summed E-state index contributed by atoms with van der Waals surface area (Å²) in [5, 5.41) is 3.77. The van der Waals surface area contributed by atoms with Gasteiger partial charge in [-0.15, -0.1) is 0 Å². The zero-order valence-corrected chi connectivity index (χ0v) is 17.5. The summed E-state index contributed by atoms with van der Waals surface area (Å²) in [6.07, 6.45) is 1.28. The molecule has 0 amide bonds. The molecule has 0 bridgehead atoms. The van der Waals surface area contributed by atoms with Crippen LogP contribution in [0.5, 0.6) is 11.5 Å². The molecule has 9 heteroatoms. The van der Waals surface area contributed by atoms with Crippen molar-refractivity contribution in [1.82, 2.24) is 4.83 Å².